The summed E-state index contributed by atoms with van der Waals surface area (Å²) in [6.45, 7) is 1.34. The summed E-state index contributed by atoms with van der Waals surface area (Å²) in [6.07, 6.45) is 0. The quantitative estimate of drug-likeness (QED) is 0.770. The van der Waals surface area contributed by atoms with E-state index in [4.69, 9.17) is 27.9 Å². The third-order valence-corrected chi connectivity index (χ3v) is 3.43. The molecule has 1 aromatic carbocycles. The topological polar surface area (TPSA) is 79.5 Å². The largest absolute Gasteiger partial charge is 0.378 e. The standard InChI is InChI=1S/C13H15Cl2N3O3/c14-8-1-2-9(15)10(5-8)18-12(19)6-17-13(20)11-7-21-4-3-16-11/h1-2,5,11,16H,3-4,6-7H2,(H,17,20)(H,18,19). The van der Waals surface area contributed by atoms with Gasteiger partial charge >= 0.3 is 0 Å². The smallest absolute Gasteiger partial charge is 0.243 e. The number of morpholine rings is 1. The van der Waals surface area contributed by atoms with Gasteiger partial charge in [0, 0.05) is 11.6 Å². The van der Waals surface area contributed by atoms with Gasteiger partial charge in [-0.3, -0.25) is 9.59 Å². The molecule has 21 heavy (non-hydrogen) atoms. The van der Waals surface area contributed by atoms with Gasteiger partial charge in [0.2, 0.25) is 11.8 Å². The van der Waals surface area contributed by atoms with Crippen molar-refractivity contribution in [3.05, 3.63) is 28.2 Å². The second-order valence-electron chi connectivity index (χ2n) is 4.47. The Hall–Kier alpha value is -1.34. The van der Waals surface area contributed by atoms with E-state index in [2.05, 4.69) is 16.0 Å². The summed E-state index contributed by atoms with van der Waals surface area (Å²) in [6, 6.07) is 4.32. The van der Waals surface area contributed by atoms with E-state index >= 15 is 0 Å². The molecule has 0 aromatic heterocycles. The van der Waals surface area contributed by atoms with Crippen molar-refractivity contribution in [2.24, 2.45) is 0 Å². The Morgan fingerprint density at radius 1 is 1.38 bits per heavy atom. The maximum Gasteiger partial charge on any atom is 0.243 e. The molecule has 1 unspecified atom stereocenters. The minimum absolute atomic E-state index is 0.153. The lowest BCUT2D eigenvalue weighted by atomic mass is 10.2. The number of amides is 2. The lowest BCUT2D eigenvalue weighted by Crippen LogP contribution is -2.52. The summed E-state index contributed by atoms with van der Waals surface area (Å²) in [4.78, 5) is 23.6. The molecule has 1 atom stereocenters. The third kappa shape index (κ3) is 4.86. The monoisotopic (exact) mass is 331 g/mol. The number of hydrogen-bond donors (Lipinski definition) is 3. The van der Waals surface area contributed by atoms with Gasteiger partial charge in [0.1, 0.15) is 6.04 Å². The Bertz CT molecular complexity index is 533. The fourth-order valence-electron chi connectivity index (χ4n) is 1.81. The van der Waals surface area contributed by atoms with Gasteiger partial charge in [0.25, 0.3) is 0 Å². The first kappa shape index (κ1) is 16.0. The van der Waals surface area contributed by atoms with Gasteiger partial charge in [-0.05, 0) is 18.2 Å². The van der Waals surface area contributed by atoms with Crippen LogP contribution >= 0.6 is 23.2 Å². The number of carbonyl (C=O) groups excluding carboxylic acids is 2. The van der Waals surface area contributed by atoms with Crippen molar-refractivity contribution in [2.75, 3.05) is 31.6 Å². The second kappa shape index (κ2) is 7.61. The molecule has 6 nitrogen and oxygen atoms in total. The maximum atomic E-state index is 11.8. The molecular weight excluding hydrogens is 317 g/mol. The lowest BCUT2D eigenvalue weighted by molar-refractivity contribution is -0.128. The van der Waals surface area contributed by atoms with E-state index in [9.17, 15) is 9.59 Å². The summed E-state index contributed by atoms with van der Waals surface area (Å²) in [5.41, 5.74) is 0.405. The highest BCUT2D eigenvalue weighted by Gasteiger charge is 2.21. The molecule has 1 aliphatic heterocycles. The van der Waals surface area contributed by atoms with Crippen LogP contribution in [-0.2, 0) is 14.3 Å². The van der Waals surface area contributed by atoms with E-state index in [1.54, 1.807) is 18.2 Å². The number of carbonyl (C=O) groups is 2. The Kier molecular flexibility index (Phi) is 5.81. The zero-order chi connectivity index (χ0) is 15.2. The molecular formula is C13H15Cl2N3O3. The van der Waals surface area contributed by atoms with Crippen LogP contribution in [0.2, 0.25) is 10.0 Å². The molecule has 0 aliphatic carbocycles. The zero-order valence-electron chi connectivity index (χ0n) is 11.1. The van der Waals surface area contributed by atoms with E-state index in [0.29, 0.717) is 35.5 Å². The number of ether oxygens (including phenoxy) is 1. The molecule has 114 valence electrons. The Labute approximate surface area is 132 Å². The highest BCUT2D eigenvalue weighted by atomic mass is 35.5. The Morgan fingerprint density at radius 3 is 2.90 bits per heavy atom. The molecule has 3 N–H and O–H groups in total. The average molecular weight is 332 g/mol. The van der Waals surface area contributed by atoms with Gasteiger partial charge in [-0.15, -0.1) is 0 Å². The van der Waals surface area contributed by atoms with E-state index in [1.807, 2.05) is 0 Å². The second-order valence-corrected chi connectivity index (χ2v) is 5.32. The number of nitrogens with one attached hydrogen (secondary N) is 3. The van der Waals surface area contributed by atoms with Crippen molar-refractivity contribution in [3.8, 4) is 0 Å². The molecule has 0 saturated carbocycles. The number of rotatable bonds is 4. The SMILES string of the molecule is O=C(CNC(=O)C1COCCN1)Nc1cc(Cl)ccc1Cl. The van der Waals surface area contributed by atoms with Gasteiger partial charge < -0.3 is 20.7 Å². The minimum Gasteiger partial charge on any atom is -0.378 e. The molecule has 1 aliphatic rings. The predicted octanol–water partition coefficient (Wildman–Crippen LogP) is 1.04. The molecule has 1 fully saturated rings. The molecule has 2 rings (SSSR count). The average Bonchev–Trinajstić information content (AvgIpc) is 2.49. The van der Waals surface area contributed by atoms with Crippen molar-refractivity contribution in [2.45, 2.75) is 6.04 Å². The summed E-state index contributed by atoms with van der Waals surface area (Å²) < 4.78 is 5.18. The van der Waals surface area contributed by atoms with Crippen molar-refractivity contribution < 1.29 is 14.3 Å². The molecule has 8 heteroatoms. The first-order valence-corrected chi connectivity index (χ1v) is 7.15. The molecule has 0 bridgehead atoms. The Morgan fingerprint density at radius 2 is 2.19 bits per heavy atom. The normalized spacial score (nSPS) is 18.1. The number of hydrogen-bond acceptors (Lipinski definition) is 4. The molecule has 0 spiro atoms. The van der Waals surface area contributed by atoms with Gasteiger partial charge in [-0.25, -0.2) is 0 Å². The van der Waals surface area contributed by atoms with Crippen LogP contribution in [0.1, 0.15) is 0 Å². The van der Waals surface area contributed by atoms with E-state index in [-0.39, 0.29) is 18.4 Å². The van der Waals surface area contributed by atoms with Crippen LogP contribution in [0.4, 0.5) is 5.69 Å². The first-order valence-electron chi connectivity index (χ1n) is 6.40. The van der Waals surface area contributed by atoms with Gasteiger partial charge in [0.15, 0.2) is 0 Å². The Balaban J connectivity index is 1.81. The van der Waals surface area contributed by atoms with Crippen molar-refractivity contribution in [1.82, 2.24) is 10.6 Å². The number of anilines is 1. The van der Waals surface area contributed by atoms with Crippen LogP contribution in [0.25, 0.3) is 0 Å². The molecule has 0 radical (unpaired) electrons. The maximum absolute atomic E-state index is 11.8. The minimum atomic E-state index is -0.429. The van der Waals surface area contributed by atoms with Gasteiger partial charge in [-0.2, -0.15) is 0 Å². The zero-order valence-corrected chi connectivity index (χ0v) is 12.6. The van der Waals surface area contributed by atoms with Crippen LogP contribution < -0.4 is 16.0 Å². The van der Waals surface area contributed by atoms with Crippen molar-refractivity contribution >= 4 is 40.7 Å². The van der Waals surface area contributed by atoms with Crippen molar-refractivity contribution in [1.29, 1.82) is 0 Å². The van der Waals surface area contributed by atoms with E-state index in [1.165, 1.54) is 0 Å². The molecule has 1 aromatic rings. The van der Waals surface area contributed by atoms with Crippen LogP contribution in [0.15, 0.2) is 18.2 Å². The molecule has 1 heterocycles. The van der Waals surface area contributed by atoms with Crippen molar-refractivity contribution in [3.63, 3.8) is 0 Å². The van der Waals surface area contributed by atoms with Gasteiger partial charge in [-0.1, -0.05) is 23.2 Å². The summed E-state index contributed by atoms with van der Waals surface area (Å²) in [7, 11) is 0. The summed E-state index contributed by atoms with van der Waals surface area (Å²) in [5, 5.41) is 8.96. The predicted molar refractivity (Wildman–Crippen MR) is 80.7 cm³/mol. The summed E-state index contributed by atoms with van der Waals surface area (Å²) >= 11 is 11.8. The van der Waals surface area contributed by atoms with Crippen LogP contribution in [-0.4, -0.2) is 44.2 Å². The molecule has 2 amide bonds. The first-order chi connectivity index (χ1) is 10.1. The van der Waals surface area contributed by atoms with Crippen LogP contribution in [0.3, 0.4) is 0 Å². The fourth-order valence-corrected chi connectivity index (χ4v) is 2.15. The highest BCUT2D eigenvalue weighted by Crippen LogP contribution is 2.25. The number of halogens is 2. The van der Waals surface area contributed by atoms with Gasteiger partial charge in [0.05, 0.1) is 30.5 Å². The molecule has 1 saturated heterocycles. The van der Waals surface area contributed by atoms with Crippen LogP contribution in [0, 0.1) is 0 Å². The fraction of sp³-hybridized carbons (Fsp3) is 0.385. The van der Waals surface area contributed by atoms with E-state index < -0.39 is 6.04 Å². The van der Waals surface area contributed by atoms with E-state index in [0.717, 1.165) is 0 Å². The number of benzene rings is 1. The summed E-state index contributed by atoms with van der Waals surface area (Å²) in [5.74, 6) is -0.661. The third-order valence-electron chi connectivity index (χ3n) is 2.86. The lowest BCUT2D eigenvalue weighted by Gasteiger charge is -2.22. The highest BCUT2D eigenvalue weighted by molar-refractivity contribution is 6.35. The van der Waals surface area contributed by atoms with Crippen LogP contribution in [0.5, 0.6) is 0 Å².